The van der Waals surface area contributed by atoms with Crippen LogP contribution in [0.5, 0.6) is 11.5 Å². The fourth-order valence-electron chi connectivity index (χ4n) is 3.75. The zero-order chi connectivity index (χ0) is 23.1. The van der Waals surface area contributed by atoms with E-state index in [4.69, 9.17) is 28.4 Å². The van der Waals surface area contributed by atoms with Gasteiger partial charge in [0.15, 0.2) is 0 Å². The summed E-state index contributed by atoms with van der Waals surface area (Å²) in [6.07, 6.45) is 1.86. The van der Waals surface area contributed by atoms with Crippen molar-refractivity contribution < 1.29 is 28.4 Å². The van der Waals surface area contributed by atoms with Crippen molar-refractivity contribution in [3.63, 3.8) is 0 Å². The summed E-state index contributed by atoms with van der Waals surface area (Å²) in [5.41, 5.74) is 2.33. The summed E-state index contributed by atoms with van der Waals surface area (Å²) in [6, 6.07) is 16.6. The minimum Gasteiger partial charge on any atom is -0.491 e. The van der Waals surface area contributed by atoms with Gasteiger partial charge in [-0.1, -0.05) is 38.1 Å². The average Bonchev–Trinajstić information content (AvgIpc) is 3.74. The van der Waals surface area contributed by atoms with E-state index in [0.29, 0.717) is 45.2 Å². The molecule has 3 unspecified atom stereocenters. The Balaban J connectivity index is 1.20. The lowest BCUT2D eigenvalue weighted by Gasteiger charge is -2.26. The SMILES string of the molecule is CC(CC1CO1)OCCOc1ccc(C(C)(C)c2ccc(OCCOCC3CO3)cc2)cc1. The molecular formula is C27H36O6. The highest BCUT2D eigenvalue weighted by molar-refractivity contribution is 5.41. The Morgan fingerprint density at radius 1 is 0.788 bits per heavy atom. The van der Waals surface area contributed by atoms with Gasteiger partial charge >= 0.3 is 0 Å². The molecule has 0 N–H and O–H groups in total. The molecule has 0 bridgehead atoms. The first-order valence-electron chi connectivity index (χ1n) is 11.9. The zero-order valence-electron chi connectivity index (χ0n) is 20.0. The van der Waals surface area contributed by atoms with Crippen LogP contribution in [0.4, 0.5) is 0 Å². The molecule has 4 rings (SSSR count). The van der Waals surface area contributed by atoms with Crippen LogP contribution in [0.2, 0.25) is 0 Å². The van der Waals surface area contributed by atoms with Gasteiger partial charge in [0.1, 0.15) is 30.8 Å². The number of rotatable bonds is 15. The van der Waals surface area contributed by atoms with Crippen molar-refractivity contribution >= 4 is 0 Å². The second-order valence-corrected chi connectivity index (χ2v) is 9.27. The van der Waals surface area contributed by atoms with E-state index in [9.17, 15) is 0 Å². The number of hydrogen-bond donors (Lipinski definition) is 0. The van der Waals surface area contributed by atoms with Crippen LogP contribution in [0.15, 0.2) is 48.5 Å². The molecule has 2 saturated heterocycles. The molecule has 2 aromatic carbocycles. The molecule has 2 aliphatic rings. The highest BCUT2D eigenvalue weighted by Crippen LogP contribution is 2.33. The van der Waals surface area contributed by atoms with Crippen LogP contribution in [-0.2, 0) is 24.4 Å². The summed E-state index contributed by atoms with van der Waals surface area (Å²) < 4.78 is 33.3. The van der Waals surface area contributed by atoms with E-state index in [-0.39, 0.29) is 11.5 Å². The van der Waals surface area contributed by atoms with Crippen LogP contribution in [0, 0.1) is 0 Å². The molecule has 0 aliphatic carbocycles. The van der Waals surface area contributed by atoms with Gasteiger partial charge in [0, 0.05) is 11.8 Å². The molecule has 0 aromatic heterocycles. The van der Waals surface area contributed by atoms with Crippen molar-refractivity contribution in [3.8, 4) is 11.5 Å². The Morgan fingerprint density at radius 2 is 1.30 bits per heavy atom. The third-order valence-corrected chi connectivity index (χ3v) is 6.11. The van der Waals surface area contributed by atoms with Crippen molar-refractivity contribution in [2.24, 2.45) is 0 Å². The highest BCUT2D eigenvalue weighted by Gasteiger charge is 2.25. The lowest BCUT2D eigenvalue weighted by molar-refractivity contribution is 0.0357. The Labute approximate surface area is 197 Å². The van der Waals surface area contributed by atoms with Crippen molar-refractivity contribution in [1.82, 2.24) is 0 Å². The lowest BCUT2D eigenvalue weighted by atomic mass is 9.78. The summed E-state index contributed by atoms with van der Waals surface area (Å²) in [4.78, 5) is 0. The number of ether oxygens (including phenoxy) is 6. The van der Waals surface area contributed by atoms with E-state index in [0.717, 1.165) is 31.1 Å². The molecule has 6 heteroatoms. The van der Waals surface area contributed by atoms with Crippen LogP contribution >= 0.6 is 0 Å². The Morgan fingerprint density at radius 3 is 1.82 bits per heavy atom. The molecule has 6 nitrogen and oxygen atoms in total. The van der Waals surface area contributed by atoms with Crippen LogP contribution in [0.1, 0.15) is 38.3 Å². The minimum absolute atomic E-state index is 0.131. The summed E-state index contributed by atoms with van der Waals surface area (Å²) in [7, 11) is 0. The predicted octanol–water partition coefficient (Wildman–Crippen LogP) is 4.38. The monoisotopic (exact) mass is 456 g/mol. The van der Waals surface area contributed by atoms with Crippen molar-refractivity contribution in [2.75, 3.05) is 46.2 Å². The molecule has 0 saturated carbocycles. The maximum atomic E-state index is 5.85. The van der Waals surface area contributed by atoms with Gasteiger partial charge in [-0.2, -0.15) is 0 Å². The molecule has 33 heavy (non-hydrogen) atoms. The number of epoxide rings is 2. The Hall–Kier alpha value is -2.12. The molecule has 2 aromatic rings. The minimum atomic E-state index is -0.131. The van der Waals surface area contributed by atoms with Gasteiger partial charge in [-0.15, -0.1) is 0 Å². The molecule has 180 valence electrons. The van der Waals surface area contributed by atoms with Crippen LogP contribution in [0.25, 0.3) is 0 Å². The second kappa shape index (κ2) is 11.3. The van der Waals surface area contributed by atoms with E-state index in [1.807, 2.05) is 24.3 Å². The quantitative estimate of drug-likeness (QED) is 0.293. The van der Waals surface area contributed by atoms with E-state index < -0.39 is 0 Å². The van der Waals surface area contributed by atoms with Gasteiger partial charge in [-0.3, -0.25) is 0 Å². The molecular weight excluding hydrogens is 420 g/mol. The predicted molar refractivity (Wildman–Crippen MR) is 126 cm³/mol. The first kappa shape index (κ1) is 24.0. The summed E-state index contributed by atoms with van der Waals surface area (Å²) in [5, 5.41) is 0. The first-order valence-corrected chi connectivity index (χ1v) is 11.9. The maximum Gasteiger partial charge on any atom is 0.119 e. The van der Waals surface area contributed by atoms with Gasteiger partial charge in [0.25, 0.3) is 0 Å². The summed E-state index contributed by atoms with van der Waals surface area (Å²) in [5.74, 6) is 1.71. The molecule has 3 atom stereocenters. The molecule has 2 aliphatic heterocycles. The van der Waals surface area contributed by atoms with Crippen LogP contribution < -0.4 is 9.47 Å². The topological polar surface area (TPSA) is 62.0 Å². The highest BCUT2D eigenvalue weighted by atomic mass is 16.6. The van der Waals surface area contributed by atoms with Crippen LogP contribution in [-0.4, -0.2) is 64.6 Å². The Bertz CT molecular complexity index is 840. The fourth-order valence-corrected chi connectivity index (χ4v) is 3.75. The average molecular weight is 457 g/mol. The third-order valence-electron chi connectivity index (χ3n) is 6.11. The summed E-state index contributed by atoms with van der Waals surface area (Å²) in [6.45, 7) is 11.1. The summed E-state index contributed by atoms with van der Waals surface area (Å²) >= 11 is 0. The van der Waals surface area contributed by atoms with Gasteiger partial charge in [-0.05, 0) is 42.3 Å². The Kier molecular flexibility index (Phi) is 8.25. The lowest BCUT2D eigenvalue weighted by Crippen LogP contribution is -2.19. The second-order valence-electron chi connectivity index (χ2n) is 9.27. The number of benzene rings is 2. The molecule has 0 spiro atoms. The van der Waals surface area contributed by atoms with E-state index in [1.54, 1.807) is 0 Å². The zero-order valence-corrected chi connectivity index (χ0v) is 20.0. The van der Waals surface area contributed by atoms with Gasteiger partial charge in [0.05, 0.1) is 45.2 Å². The van der Waals surface area contributed by atoms with Crippen molar-refractivity contribution in [2.45, 2.75) is 50.9 Å². The van der Waals surface area contributed by atoms with Gasteiger partial charge in [0.2, 0.25) is 0 Å². The smallest absolute Gasteiger partial charge is 0.119 e. The largest absolute Gasteiger partial charge is 0.491 e. The van der Waals surface area contributed by atoms with E-state index in [2.05, 4.69) is 45.0 Å². The number of hydrogen-bond acceptors (Lipinski definition) is 6. The molecule has 0 radical (unpaired) electrons. The van der Waals surface area contributed by atoms with E-state index >= 15 is 0 Å². The normalized spacial score (nSPS) is 20.3. The fraction of sp³-hybridized carbons (Fsp3) is 0.556. The molecule has 0 amide bonds. The molecule has 2 heterocycles. The standard InChI is InChI=1S/C27H36O6/c1-20(16-25-18-32-25)29-14-15-31-24-10-6-22(7-11-24)27(2,3)21-4-8-23(9-5-21)30-13-12-28-17-26-19-33-26/h4-11,20,25-26H,12-19H2,1-3H3. The molecule has 2 fully saturated rings. The van der Waals surface area contributed by atoms with Gasteiger partial charge < -0.3 is 28.4 Å². The van der Waals surface area contributed by atoms with Gasteiger partial charge in [-0.25, -0.2) is 0 Å². The van der Waals surface area contributed by atoms with Crippen LogP contribution in [0.3, 0.4) is 0 Å². The van der Waals surface area contributed by atoms with Crippen molar-refractivity contribution in [1.29, 1.82) is 0 Å². The maximum absolute atomic E-state index is 5.85. The van der Waals surface area contributed by atoms with Crippen molar-refractivity contribution in [3.05, 3.63) is 59.7 Å². The first-order chi connectivity index (χ1) is 16.0. The van der Waals surface area contributed by atoms with E-state index in [1.165, 1.54) is 11.1 Å². The third kappa shape index (κ3) is 7.71.